The van der Waals surface area contributed by atoms with Gasteiger partial charge < -0.3 is 4.90 Å². The topological polar surface area (TPSA) is 101 Å². The molecule has 1 amide bonds. The van der Waals surface area contributed by atoms with Crippen LogP contribution in [0.2, 0.25) is 0 Å². The van der Waals surface area contributed by atoms with Crippen LogP contribution in [0, 0.1) is 10.1 Å². The van der Waals surface area contributed by atoms with Gasteiger partial charge in [-0.2, -0.15) is 4.31 Å². The van der Waals surface area contributed by atoms with E-state index in [9.17, 15) is 23.3 Å². The highest BCUT2D eigenvalue weighted by molar-refractivity contribution is 7.98. The predicted molar refractivity (Wildman–Crippen MR) is 115 cm³/mol. The third-order valence-electron chi connectivity index (χ3n) is 6.46. The van der Waals surface area contributed by atoms with Gasteiger partial charge in [-0.3, -0.25) is 14.9 Å². The highest BCUT2D eigenvalue weighted by Crippen LogP contribution is 2.51. The van der Waals surface area contributed by atoms with Gasteiger partial charge in [0, 0.05) is 38.7 Å². The molecule has 1 aliphatic carbocycles. The average Bonchev–Trinajstić information content (AvgIpc) is 2.90. The van der Waals surface area contributed by atoms with E-state index in [1.807, 2.05) is 6.92 Å². The second-order valence-corrected chi connectivity index (χ2v) is 9.84. The van der Waals surface area contributed by atoms with Gasteiger partial charge in [0.05, 0.1) is 15.4 Å². The van der Waals surface area contributed by atoms with Crippen LogP contribution in [0.3, 0.4) is 0 Å². The normalized spacial score (nSPS) is 20.5. The van der Waals surface area contributed by atoms with Crippen molar-refractivity contribution in [1.29, 1.82) is 0 Å². The first-order chi connectivity index (χ1) is 14.2. The van der Waals surface area contributed by atoms with Crippen LogP contribution in [0.15, 0.2) is 29.8 Å². The van der Waals surface area contributed by atoms with Gasteiger partial charge in [-0.15, -0.1) is 0 Å². The van der Waals surface area contributed by atoms with Crippen molar-refractivity contribution in [2.24, 2.45) is 0 Å². The number of likely N-dealkylation sites (N-methyl/N-ethyl adjacent to an activating group) is 2. The molecule has 30 heavy (non-hydrogen) atoms. The molecule has 1 aromatic carbocycles. The third-order valence-corrected chi connectivity index (χ3v) is 8.53. The lowest BCUT2D eigenvalue weighted by atomic mass is 9.75. The second-order valence-electron chi connectivity index (χ2n) is 7.94. The van der Waals surface area contributed by atoms with Gasteiger partial charge in [0.25, 0.3) is 5.69 Å². The number of amides is 1. The van der Waals surface area contributed by atoms with E-state index < -0.39 is 20.5 Å². The van der Waals surface area contributed by atoms with E-state index in [4.69, 9.17) is 0 Å². The summed E-state index contributed by atoms with van der Waals surface area (Å²) in [4.78, 5) is 24.9. The number of nitro groups is 1. The van der Waals surface area contributed by atoms with Crippen molar-refractivity contribution in [3.63, 3.8) is 0 Å². The number of non-ortho nitro benzene ring substituents is 1. The van der Waals surface area contributed by atoms with Crippen LogP contribution in [-0.4, -0.2) is 54.1 Å². The van der Waals surface area contributed by atoms with Crippen LogP contribution in [0.5, 0.6) is 0 Å². The van der Waals surface area contributed by atoms with Crippen molar-refractivity contribution in [2.75, 3.05) is 20.1 Å². The van der Waals surface area contributed by atoms with Crippen molar-refractivity contribution in [2.45, 2.75) is 57.9 Å². The van der Waals surface area contributed by atoms with E-state index in [0.717, 1.165) is 24.8 Å². The number of sulfonamides is 1. The number of hydrogen-bond donors (Lipinski definition) is 0. The molecule has 0 saturated heterocycles. The van der Waals surface area contributed by atoms with Crippen LogP contribution in [0.1, 0.15) is 57.9 Å². The molecular formula is C21H29N3O5S. The molecule has 9 heteroatoms. The monoisotopic (exact) mass is 435 g/mol. The summed E-state index contributed by atoms with van der Waals surface area (Å²) in [6.45, 7) is 4.42. The summed E-state index contributed by atoms with van der Waals surface area (Å²) in [6.07, 6.45) is 4.68. The Balaban J connectivity index is 2.21. The lowest BCUT2D eigenvalue weighted by molar-refractivity contribution is -0.384. The molecule has 0 bridgehead atoms. The summed E-state index contributed by atoms with van der Waals surface area (Å²) in [7, 11) is -2.17. The lowest BCUT2D eigenvalue weighted by Gasteiger charge is -2.41. The maximum atomic E-state index is 13.5. The average molecular weight is 436 g/mol. The minimum atomic E-state index is -3.79. The van der Waals surface area contributed by atoms with Crippen molar-refractivity contribution in [1.82, 2.24) is 9.21 Å². The van der Waals surface area contributed by atoms with Crippen molar-refractivity contribution in [3.05, 3.63) is 45.5 Å². The summed E-state index contributed by atoms with van der Waals surface area (Å²) in [5.41, 5.74) is 0.441. The van der Waals surface area contributed by atoms with Crippen LogP contribution < -0.4 is 0 Å². The zero-order valence-corrected chi connectivity index (χ0v) is 18.6. The maximum Gasteiger partial charge on any atom is 0.269 e. The van der Waals surface area contributed by atoms with Gasteiger partial charge >= 0.3 is 0 Å². The molecule has 0 aromatic heterocycles. The Hall–Kier alpha value is -2.26. The molecule has 0 radical (unpaired) electrons. The quantitative estimate of drug-likeness (QED) is 0.502. The van der Waals surface area contributed by atoms with Gasteiger partial charge in [-0.25, -0.2) is 8.42 Å². The Morgan fingerprint density at radius 1 is 1.17 bits per heavy atom. The summed E-state index contributed by atoms with van der Waals surface area (Å²) >= 11 is 0. The molecule has 0 N–H and O–H groups in total. The van der Waals surface area contributed by atoms with Crippen molar-refractivity contribution >= 4 is 26.5 Å². The van der Waals surface area contributed by atoms with E-state index in [-0.39, 0.29) is 23.0 Å². The van der Waals surface area contributed by atoms with E-state index >= 15 is 0 Å². The number of nitro benzene ring substituents is 1. The molecule has 8 nitrogen and oxygen atoms in total. The molecule has 1 aliphatic heterocycles. The maximum absolute atomic E-state index is 13.5. The molecule has 1 saturated carbocycles. The lowest BCUT2D eigenvalue weighted by Crippen LogP contribution is -2.49. The molecule has 164 valence electrons. The fourth-order valence-corrected chi connectivity index (χ4v) is 6.77. The highest BCUT2D eigenvalue weighted by Gasteiger charge is 2.54. The van der Waals surface area contributed by atoms with Crippen molar-refractivity contribution < 1.29 is 18.1 Å². The molecule has 3 rings (SSSR count). The Kier molecular flexibility index (Phi) is 6.33. The van der Waals surface area contributed by atoms with E-state index in [2.05, 4.69) is 0 Å². The summed E-state index contributed by atoms with van der Waals surface area (Å²) < 4.78 is 28.6. The number of benzene rings is 1. The number of carbonyl (C=O) groups excluding carboxylic acids is 1. The van der Waals surface area contributed by atoms with E-state index in [0.29, 0.717) is 31.4 Å². The standard InChI is InChI=1S/C21H29N3O5S/c1-4-19(25)23(5-2)15-18-20(16-9-11-17(12-10-16)24(26)27)30(28,29)22(3)21(18)13-7-6-8-14-21/h9-12H,4-8,13-15H2,1-3H3. The Morgan fingerprint density at radius 2 is 1.77 bits per heavy atom. The van der Waals surface area contributed by atoms with Gasteiger partial charge in [0.15, 0.2) is 0 Å². The molecule has 0 atom stereocenters. The second kappa shape index (κ2) is 8.47. The summed E-state index contributed by atoms with van der Waals surface area (Å²) in [5.74, 6) is -0.0223. The van der Waals surface area contributed by atoms with E-state index in [1.54, 1.807) is 18.9 Å². The Morgan fingerprint density at radius 3 is 2.27 bits per heavy atom. The number of nitrogens with zero attached hydrogens (tertiary/aromatic N) is 3. The predicted octanol–water partition coefficient (Wildman–Crippen LogP) is 3.54. The number of rotatable bonds is 6. The molecule has 1 fully saturated rings. The highest BCUT2D eigenvalue weighted by atomic mass is 32.2. The number of hydrogen-bond acceptors (Lipinski definition) is 5. The molecular weight excluding hydrogens is 406 g/mol. The summed E-state index contributed by atoms with van der Waals surface area (Å²) in [5, 5.41) is 11.0. The first-order valence-electron chi connectivity index (χ1n) is 10.4. The Labute approximate surface area is 177 Å². The smallest absolute Gasteiger partial charge is 0.269 e. The fraction of sp³-hybridized carbons (Fsp3) is 0.571. The zero-order chi connectivity index (χ0) is 22.1. The van der Waals surface area contributed by atoms with Crippen molar-refractivity contribution in [3.8, 4) is 0 Å². The van der Waals surface area contributed by atoms with Gasteiger partial charge in [-0.1, -0.05) is 26.2 Å². The van der Waals surface area contributed by atoms with Crippen LogP contribution in [0.4, 0.5) is 5.69 Å². The van der Waals surface area contributed by atoms with Gasteiger partial charge in [0.2, 0.25) is 15.9 Å². The molecule has 2 aliphatic rings. The first-order valence-corrected chi connectivity index (χ1v) is 11.9. The zero-order valence-electron chi connectivity index (χ0n) is 17.8. The minimum Gasteiger partial charge on any atom is -0.339 e. The largest absolute Gasteiger partial charge is 0.339 e. The number of carbonyl (C=O) groups is 1. The van der Waals surface area contributed by atoms with Crippen LogP contribution in [-0.2, 0) is 14.8 Å². The molecule has 1 aromatic rings. The third kappa shape index (κ3) is 3.65. The van der Waals surface area contributed by atoms with Gasteiger partial charge in [0.1, 0.15) is 0 Å². The minimum absolute atomic E-state index is 0.0223. The first kappa shape index (κ1) is 22.4. The molecule has 1 heterocycles. The Bertz CT molecular complexity index is 963. The van der Waals surface area contributed by atoms with Gasteiger partial charge in [-0.05, 0) is 43.0 Å². The van der Waals surface area contributed by atoms with Crippen LogP contribution in [0.25, 0.3) is 4.91 Å². The van der Waals surface area contributed by atoms with Crippen LogP contribution >= 0.6 is 0 Å². The summed E-state index contributed by atoms with van der Waals surface area (Å²) in [6, 6.07) is 5.66. The van der Waals surface area contributed by atoms with E-state index in [1.165, 1.54) is 28.6 Å². The molecule has 0 unspecified atom stereocenters. The SMILES string of the molecule is CCC(=O)N(CC)CC1=C(c2ccc([N+](=O)[O-])cc2)S(=O)(=O)N(C)C12CCCCC2. The molecule has 1 spiro atoms. The fourth-order valence-electron chi connectivity index (χ4n) is 4.74.